The van der Waals surface area contributed by atoms with E-state index in [1.807, 2.05) is 26.8 Å². The Hall–Kier alpha value is 0.259. The van der Waals surface area contributed by atoms with Crippen LogP contribution in [0, 0.1) is 0 Å². The Morgan fingerprint density at radius 2 is 0.640 bits per heavy atom. The molecule has 10 heteroatoms. The molecule has 0 aliphatic heterocycles. The molecule has 0 bridgehead atoms. The third-order valence-corrected chi connectivity index (χ3v) is 48.9. The Kier molecular flexibility index (Phi) is 39.2. The average Bonchev–Trinajstić information content (AvgIpc) is 3.11. The zero-order valence-corrected chi connectivity index (χ0v) is 38.3. The maximum atomic E-state index is 12.4. The molecule has 0 aromatic rings. The van der Waals surface area contributed by atoms with Crippen LogP contribution in [-0.2, 0) is 28.6 Å². The molecule has 0 radical (unpaired) electrons. The normalized spacial score (nSPS) is 11.5. The Morgan fingerprint density at radius 3 is 0.920 bits per heavy atom. The van der Waals surface area contributed by atoms with Crippen molar-refractivity contribution >= 4 is 59.0 Å². The summed E-state index contributed by atoms with van der Waals surface area (Å²) in [7, 11) is 6.11. The predicted molar refractivity (Wildman–Crippen MR) is 224 cm³/mol. The van der Waals surface area contributed by atoms with Crippen LogP contribution >= 0.6 is 26.8 Å². The standard InChI is InChI=1S/3C12H24O2S.C4H9.Sn/c3*1-2-3-4-5-6-7-8-9-12(13)14-10-11-15;1-3-4-2;/h3*15H,2-11H2,1H3;1,3-4H2,2H3;/q;;;;+3/p-3. The van der Waals surface area contributed by atoms with Crippen molar-refractivity contribution in [1.82, 2.24) is 0 Å². The molecular formula is C40H78O6S3Sn. The van der Waals surface area contributed by atoms with Crippen LogP contribution in [0.25, 0.3) is 0 Å². The van der Waals surface area contributed by atoms with Gasteiger partial charge in [0.2, 0.25) is 0 Å². The van der Waals surface area contributed by atoms with Crippen molar-refractivity contribution in [3.8, 4) is 0 Å². The summed E-state index contributed by atoms with van der Waals surface area (Å²) in [6, 6.07) is 0. The van der Waals surface area contributed by atoms with Crippen LogP contribution < -0.4 is 0 Å². The van der Waals surface area contributed by atoms with Gasteiger partial charge in [-0.1, -0.05) is 40.0 Å². The molecule has 0 aromatic heterocycles. The molecule has 0 aliphatic carbocycles. The molecular weight excluding hydrogens is 791 g/mol. The molecule has 0 unspecified atom stereocenters. The summed E-state index contributed by atoms with van der Waals surface area (Å²) in [6.07, 6.45) is 28.8. The molecule has 296 valence electrons. The molecule has 0 saturated heterocycles. The molecule has 50 heavy (non-hydrogen) atoms. The van der Waals surface area contributed by atoms with Gasteiger partial charge in [0.05, 0.1) is 0 Å². The number of esters is 3. The minimum Gasteiger partial charge on any atom is -0.0654 e. The van der Waals surface area contributed by atoms with E-state index >= 15 is 0 Å². The van der Waals surface area contributed by atoms with Crippen LogP contribution in [0.1, 0.15) is 195 Å². The fraction of sp³-hybridized carbons (Fsp3) is 0.925. The first kappa shape index (κ1) is 50.3. The Bertz CT molecular complexity index is 695. The van der Waals surface area contributed by atoms with Gasteiger partial charge in [0, 0.05) is 0 Å². The SMILES string of the molecule is CCCCCCCCCC(=O)OCC[S][Sn]([CH2]CCC)([S]CCOC(=O)CCCCCCCCC)[S]CCOC(=O)CCCCCCCCC. The number of carbonyl (C=O) groups is 3. The van der Waals surface area contributed by atoms with Gasteiger partial charge in [0.15, 0.2) is 0 Å². The van der Waals surface area contributed by atoms with Crippen LogP contribution in [0.2, 0.25) is 4.44 Å². The van der Waals surface area contributed by atoms with Crippen molar-refractivity contribution < 1.29 is 28.6 Å². The molecule has 0 fully saturated rings. The third kappa shape index (κ3) is 34.1. The molecule has 0 atom stereocenters. The number of rotatable bonds is 39. The summed E-state index contributed by atoms with van der Waals surface area (Å²) in [6.45, 7) is 10.3. The topological polar surface area (TPSA) is 78.9 Å². The summed E-state index contributed by atoms with van der Waals surface area (Å²) >= 11 is -2.93. The van der Waals surface area contributed by atoms with E-state index in [1.54, 1.807) is 0 Å². The van der Waals surface area contributed by atoms with E-state index < -0.39 is 14.2 Å². The van der Waals surface area contributed by atoms with E-state index in [2.05, 4.69) is 27.7 Å². The second-order valence-electron chi connectivity index (χ2n) is 13.6. The van der Waals surface area contributed by atoms with E-state index in [0.29, 0.717) is 39.1 Å². The van der Waals surface area contributed by atoms with Crippen LogP contribution in [0.3, 0.4) is 0 Å². The van der Waals surface area contributed by atoms with E-state index in [9.17, 15) is 14.4 Å². The first-order valence-electron chi connectivity index (χ1n) is 20.8. The Morgan fingerprint density at radius 1 is 0.380 bits per heavy atom. The number of unbranched alkanes of at least 4 members (excludes halogenated alkanes) is 19. The van der Waals surface area contributed by atoms with Crippen molar-refractivity contribution in [2.24, 2.45) is 0 Å². The van der Waals surface area contributed by atoms with Crippen molar-refractivity contribution in [3.63, 3.8) is 0 Å². The first-order chi connectivity index (χ1) is 24.4. The fourth-order valence-corrected chi connectivity index (χ4v) is 44.0. The summed E-state index contributed by atoms with van der Waals surface area (Å²) in [4.78, 5) is 37.2. The molecule has 0 spiro atoms. The minimum absolute atomic E-state index is 0.0745. The van der Waals surface area contributed by atoms with Crippen molar-refractivity contribution in [2.45, 2.75) is 199 Å². The minimum atomic E-state index is -2.93. The van der Waals surface area contributed by atoms with E-state index in [1.165, 1.54) is 101 Å². The Balaban J connectivity index is 4.80. The van der Waals surface area contributed by atoms with Crippen LogP contribution in [0.5, 0.6) is 0 Å². The molecule has 0 heterocycles. The molecule has 0 N–H and O–H groups in total. The second kappa shape index (κ2) is 39.0. The van der Waals surface area contributed by atoms with Gasteiger partial charge in [-0.15, -0.1) is 0 Å². The van der Waals surface area contributed by atoms with Gasteiger partial charge in [-0.3, -0.25) is 0 Å². The maximum absolute atomic E-state index is 12.4. The molecule has 6 nitrogen and oxygen atoms in total. The molecule has 0 rings (SSSR count). The van der Waals surface area contributed by atoms with E-state index in [4.69, 9.17) is 14.2 Å². The predicted octanol–water partition coefficient (Wildman–Crippen LogP) is 13.0. The van der Waals surface area contributed by atoms with Crippen molar-refractivity contribution in [3.05, 3.63) is 0 Å². The van der Waals surface area contributed by atoms with Gasteiger partial charge in [0.1, 0.15) is 0 Å². The van der Waals surface area contributed by atoms with Gasteiger partial charge in [-0.05, 0) is 0 Å². The summed E-state index contributed by atoms with van der Waals surface area (Å²) in [5.41, 5.74) is 0. The van der Waals surface area contributed by atoms with Crippen molar-refractivity contribution in [2.75, 3.05) is 37.1 Å². The number of hydrogen-bond acceptors (Lipinski definition) is 9. The van der Waals surface area contributed by atoms with E-state index in [0.717, 1.165) is 68.6 Å². The van der Waals surface area contributed by atoms with Crippen LogP contribution in [0.15, 0.2) is 0 Å². The molecule has 0 amide bonds. The molecule has 0 saturated carbocycles. The second-order valence-corrected chi connectivity index (χ2v) is 47.7. The van der Waals surface area contributed by atoms with Crippen LogP contribution in [0.4, 0.5) is 0 Å². The first-order valence-corrected chi connectivity index (χ1v) is 36.3. The smallest absolute Gasteiger partial charge is 0.0654 e. The van der Waals surface area contributed by atoms with Crippen molar-refractivity contribution in [1.29, 1.82) is 0 Å². The quantitative estimate of drug-likeness (QED) is 0.0260. The van der Waals surface area contributed by atoms with Crippen LogP contribution in [-0.4, -0.2) is 69.2 Å². The monoisotopic (exact) mass is 870 g/mol. The number of ether oxygens (including phenoxy) is 3. The molecule has 0 aliphatic rings. The van der Waals surface area contributed by atoms with E-state index in [-0.39, 0.29) is 17.9 Å². The summed E-state index contributed by atoms with van der Waals surface area (Å²) in [5, 5.41) is 0. The summed E-state index contributed by atoms with van der Waals surface area (Å²) in [5.74, 6) is 2.19. The zero-order valence-electron chi connectivity index (χ0n) is 33.0. The number of carbonyl (C=O) groups excluding carboxylic acids is 3. The third-order valence-electron chi connectivity index (χ3n) is 8.79. The van der Waals surface area contributed by atoms with Gasteiger partial charge in [0.25, 0.3) is 0 Å². The van der Waals surface area contributed by atoms with Gasteiger partial charge in [-0.2, -0.15) is 0 Å². The molecule has 0 aromatic carbocycles. The fourth-order valence-electron chi connectivity index (χ4n) is 5.69. The van der Waals surface area contributed by atoms with Gasteiger partial charge in [-0.25, -0.2) is 0 Å². The Labute approximate surface area is 321 Å². The van der Waals surface area contributed by atoms with Gasteiger partial charge < -0.3 is 0 Å². The summed E-state index contributed by atoms with van der Waals surface area (Å²) < 4.78 is 18.2. The van der Waals surface area contributed by atoms with Gasteiger partial charge >= 0.3 is 284 Å². The number of hydrogen-bond donors (Lipinski definition) is 0. The zero-order chi connectivity index (χ0) is 36.8. The average molecular weight is 870 g/mol.